The molecule has 4 rings (SSSR count). The van der Waals surface area contributed by atoms with Crippen molar-refractivity contribution >= 4 is 31.6 Å². The zero-order valence-electron chi connectivity index (χ0n) is 21.0. The molecule has 0 radical (unpaired) electrons. The second-order valence-electron chi connectivity index (χ2n) is 9.40. The molecule has 1 saturated heterocycles. The molecule has 11 heteroatoms. The molecular weight excluding hydrogens is 529 g/mol. The normalized spacial score (nSPS) is 16.9. The minimum atomic E-state index is -4.22. The molecule has 1 aliphatic rings. The molecule has 1 amide bonds. The number of carbonyl (C=O) groups excluding carboxylic acids is 1. The van der Waals surface area contributed by atoms with Gasteiger partial charge in [-0.25, -0.2) is 21.2 Å². The smallest absolute Gasteiger partial charge is 0.243 e. The van der Waals surface area contributed by atoms with Gasteiger partial charge >= 0.3 is 0 Å². The summed E-state index contributed by atoms with van der Waals surface area (Å²) >= 11 is 0. The van der Waals surface area contributed by atoms with Crippen LogP contribution in [0.25, 0.3) is 0 Å². The number of piperidine rings is 1. The summed E-state index contributed by atoms with van der Waals surface area (Å²) in [6.07, 6.45) is 1.74. The van der Waals surface area contributed by atoms with E-state index in [4.69, 9.17) is 0 Å². The van der Waals surface area contributed by atoms with Crippen LogP contribution in [0.1, 0.15) is 25.3 Å². The van der Waals surface area contributed by atoms with E-state index >= 15 is 0 Å². The van der Waals surface area contributed by atoms with Crippen molar-refractivity contribution in [2.24, 2.45) is 5.92 Å². The van der Waals surface area contributed by atoms with E-state index in [1.54, 1.807) is 30.3 Å². The summed E-state index contributed by atoms with van der Waals surface area (Å²) < 4.78 is 69.2. The van der Waals surface area contributed by atoms with Gasteiger partial charge in [0.1, 0.15) is 5.82 Å². The van der Waals surface area contributed by atoms with Crippen LogP contribution in [0, 0.1) is 11.7 Å². The summed E-state index contributed by atoms with van der Waals surface area (Å²) in [5.74, 6) is -0.773. The highest BCUT2D eigenvalue weighted by Crippen LogP contribution is 2.26. The Morgan fingerprint density at radius 3 is 2.21 bits per heavy atom. The Bertz CT molecular complexity index is 1460. The Morgan fingerprint density at radius 2 is 1.58 bits per heavy atom. The fraction of sp³-hybridized carbons (Fsp3) is 0.296. The van der Waals surface area contributed by atoms with E-state index in [0.29, 0.717) is 24.3 Å². The van der Waals surface area contributed by atoms with Crippen LogP contribution in [-0.4, -0.2) is 51.0 Å². The Morgan fingerprint density at radius 1 is 0.947 bits per heavy atom. The third-order valence-electron chi connectivity index (χ3n) is 6.37. The fourth-order valence-corrected chi connectivity index (χ4v) is 7.33. The SMILES string of the molecule is C[C@@H]1CCCN(S(=O)(=O)c2ccc(S(=O)(=O)N(CC(=O)Nc3ccccc3)Cc3ccc(F)cc3)cc2)C1. The van der Waals surface area contributed by atoms with Crippen molar-refractivity contribution in [3.8, 4) is 0 Å². The number of hydrogen-bond acceptors (Lipinski definition) is 5. The van der Waals surface area contributed by atoms with Crippen LogP contribution in [0.5, 0.6) is 0 Å². The van der Waals surface area contributed by atoms with E-state index in [-0.39, 0.29) is 22.3 Å². The quantitative estimate of drug-likeness (QED) is 0.426. The minimum Gasteiger partial charge on any atom is -0.325 e. The van der Waals surface area contributed by atoms with Gasteiger partial charge in [0.25, 0.3) is 0 Å². The largest absolute Gasteiger partial charge is 0.325 e. The Labute approximate surface area is 223 Å². The van der Waals surface area contributed by atoms with Gasteiger partial charge in [-0.05, 0) is 72.9 Å². The molecule has 3 aromatic rings. The first-order chi connectivity index (χ1) is 18.1. The van der Waals surface area contributed by atoms with Crippen LogP contribution in [0.3, 0.4) is 0 Å². The zero-order valence-corrected chi connectivity index (χ0v) is 22.6. The molecule has 1 atom stereocenters. The Balaban J connectivity index is 1.59. The number of amides is 1. The van der Waals surface area contributed by atoms with Gasteiger partial charge in [0.2, 0.25) is 26.0 Å². The molecule has 1 fully saturated rings. The van der Waals surface area contributed by atoms with Gasteiger partial charge in [0, 0.05) is 25.3 Å². The molecule has 0 spiro atoms. The Kier molecular flexibility index (Phi) is 8.61. The Hall–Kier alpha value is -3.12. The van der Waals surface area contributed by atoms with Crippen LogP contribution >= 0.6 is 0 Å². The lowest BCUT2D eigenvalue weighted by atomic mass is 10.0. The van der Waals surface area contributed by atoms with Gasteiger partial charge in [-0.3, -0.25) is 4.79 Å². The number of benzene rings is 3. The van der Waals surface area contributed by atoms with E-state index in [1.165, 1.54) is 52.8 Å². The van der Waals surface area contributed by atoms with Crippen molar-refractivity contribution in [3.05, 3.63) is 90.2 Å². The summed E-state index contributed by atoms with van der Waals surface area (Å²) in [5, 5.41) is 2.67. The van der Waals surface area contributed by atoms with Crippen molar-refractivity contribution in [3.63, 3.8) is 0 Å². The first-order valence-electron chi connectivity index (χ1n) is 12.3. The van der Waals surface area contributed by atoms with Crippen molar-refractivity contribution in [1.29, 1.82) is 0 Å². The molecule has 0 bridgehead atoms. The van der Waals surface area contributed by atoms with Crippen LogP contribution in [0.2, 0.25) is 0 Å². The molecular formula is C27H30FN3O5S2. The summed E-state index contributed by atoms with van der Waals surface area (Å²) in [4.78, 5) is 12.6. The van der Waals surface area contributed by atoms with Crippen LogP contribution in [-0.2, 0) is 31.4 Å². The lowest BCUT2D eigenvalue weighted by Gasteiger charge is -2.30. The second kappa shape index (κ2) is 11.7. The maximum atomic E-state index is 13.6. The molecule has 1 aliphatic heterocycles. The number of hydrogen-bond donors (Lipinski definition) is 1. The highest BCUT2D eigenvalue weighted by Gasteiger charge is 2.31. The van der Waals surface area contributed by atoms with Gasteiger partial charge in [0.15, 0.2) is 0 Å². The van der Waals surface area contributed by atoms with Crippen molar-refractivity contribution in [2.45, 2.75) is 36.1 Å². The predicted octanol–water partition coefficient (Wildman–Crippen LogP) is 4.08. The summed E-state index contributed by atoms with van der Waals surface area (Å²) in [6.45, 7) is 2.16. The number of halogens is 1. The number of rotatable bonds is 9. The minimum absolute atomic E-state index is 0.0115. The number of sulfonamides is 2. The lowest BCUT2D eigenvalue weighted by molar-refractivity contribution is -0.116. The van der Waals surface area contributed by atoms with Crippen LogP contribution in [0.4, 0.5) is 10.1 Å². The van der Waals surface area contributed by atoms with E-state index in [2.05, 4.69) is 5.32 Å². The molecule has 0 unspecified atom stereocenters. The maximum Gasteiger partial charge on any atom is 0.243 e. The first kappa shape index (κ1) is 27.9. The van der Waals surface area contributed by atoms with Gasteiger partial charge in [-0.15, -0.1) is 0 Å². The van der Waals surface area contributed by atoms with E-state index in [1.807, 2.05) is 6.92 Å². The molecule has 0 saturated carbocycles. The van der Waals surface area contributed by atoms with E-state index < -0.39 is 38.3 Å². The van der Waals surface area contributed by atoms with Crippen LogP contribution in [0.15, 0.2) is 88.7 Å². The highest BCUT2D eigenvalue weighted by molar-refractivity contribution is 7.89. The number of carbonyl (C=O) groups is 1. The molecule has 1 N–H and O–H groups in total. The third-order valence-corrected chi connectivity index (χ3v) is 10.1. The molecule has 202 valence electrons. The van der Waals surface area contributed by atoms with E-state index in [0.717, 1.165) is 17.1 Å². The standard InChI is InChI=1S/C27H30FN3O5S2/c1-21-6-5-17-30(18-21)37(33,34)25-13-15-26(16-14-25)38(35,36)31(19-22-9-11-23(28)12-10-22)20-27(32)29-24-7-3-2-4-8-24/h2-4,7-16,21H,5-6,17-20H2,1H3,(H,29,32)/t21-/m1/s1. The summed E-state index contributed by atoms with van der Waals surface area (Å²) in [5.41, 5.74) is 0.999. The summed E-state index contributed by atoms with van der Waals surface area (Å²) in [7, 11) is -7.98. The van der Waals surface area contributed by atoms with Gasteiger partial charge in [-0.2, -0.15) is 8.61 Å². The molecule has 8 nitrogen and oxygen atoms in total. The third kappa shape index (κ3) is 6.65. The predicted molar refractivity (Wildman–Crippen MR) is 143 cm³/mol. The second-order valence-corrected chi connectivity index (χ2v) is 13.3. The van der Waals surface area contributed by atoms with Crippen molar-refractivity contribution < 1.29 is 26.0 Å². The summed E-state index contributed by atoms with van der Waals surface area (Å²) in [6, 6.07) is 19.0. The molecule has 3 aromatic carbocycles. The maximum absolute atomic E-state index is 13.6. The lowest BCUT2D eigenvalue weighted by Crippen LogP contribution is -2.39. The zero-order chi connectivity index (χ0) is 27.3. The number of para-hydroxylation sites is 1. The van der Waals surface area contributed by atoms with Crippen molar-refractivity contribution in [2.75, 3.05) is 25.0 Å². The number of nitrogens with zero attached hydrogens (tertiary/aromatic N) is 2. The average molecular weight is 560 g/mol. The molecule has 0 aromatic heterocycles. The number of nitrogens with one attached hydrogen (secondary N) is 1. The number of anilines is 1. The van der Waals surface area contributed by atoms with Gasteiger partial charge in [0.05, 0.1) is 16.3 Å². The fourth-order valence-electron chi connectivity index (χ4n) is 4.35. The molecule has 0 aliphatic carbocycles. The molecule has 1 heterocycles. The van der Waals surface area contributed by atoms with Gasteiger partial charge < -0.3 is 5.32 Å². The topological polar surface area (TPSA) is 104 Å². The van der Waals surface area contributed by atoms with E-state index in [9.17, 15) is 26.0 Å². The highest BCUT2D eigenvalue weighted by atomic mass is 32.2. The monoisotopic (exact) mass is 559 g/mol. The van der Waals surface area contributed by atoms with Gasteiger partial charge in [-0.1, -0.05) is 37.3 Å². The average Bonchev–Trinajstić information content (AvgIpc) is 2.90. The first-order valence-corrected chi connectivity index (χ1v) is 15.1. The van der Waals surface area contributed by atoms with Crippen LogP contribution < -0.4 is 5.32 Å². The van der Waals surface area contributed by atoms with Crippen molar-refractivity contribution in [1.82, 2.24) is 8.61 Å². The molecule has 38 heavy (non-hydrogen) atoms.